The highest BCUT2D eigenvalue weighted by Crippen LogP contribution is 2.25. The molecule has 0 amide bonds. The van der Waals surface area contributed by atoms with Gasteiger partial charge in [-0.05, 0) is 38.1 Å². The number of anilines is 1. The van der Waals surface area contributed by atoms with E-state index in [9.17, 15) is 8.42 Å². The highest BCUT2D eigenvalue weighted by Gasteiger charge is 2.32. The van der Waals surface area contributed by atoms with E-state index in [1.807, 2.05) is 24.3 Å². The van der Waals surface area contributed by atoms with E-state index >= 15 is 0 Å². The zero-order chi connectivity index (χ0) is 16.6. The first kappa shape index (κ1) is 16.3. The minimum atomic E-state index is -3.50. The number of benzene rings is 1. The lowest BCUT2D eigenvalue weighted by molar-refractivity contribution is 0.384. The van der Waals surface area contributed by atoms with Crippen molar-refractivity contribution >= 4 is 27.3 Å². The maximum absolute atomic E-state index is 12.8. The molecule has 1 aromatic heterocycles. The lowest BCUT2D eigenvalue weighted by Crippen LogP contribution is -2.48. The largest absolute Gasteiger partial charge is 0.369 e. The Morgan fingerprint density at radius 2 is 1.70 bits per heavy atom. The third-order valence-electron chi connectivity index (χ3n) is 4.09. The third-order valence-corrected chi connectivity index (χ3v) is 6.50. The molecule has 1 N–H and O–H groups in total. The minimum Gasteiger partial charge on any atom is -0.369 e. The zero-order valence-electron chi connectivity index (χ0n) is 13.1. The molecule has 1 saturated heterocycles. The van der Waals surface area contributed by atoms with Crippen LogP contribution in [0, 0.1) is 13.8 Å². The van der Waals surface area contributed by atoms with Crippen molar-refractivity contribution < 1.29 is 8.42 Å². The first-order valence-corrected chi connectivity index (χ1v) is 9.23. The van der Waals surface area contributed by atoms with Gasteiger partial charge in [-0.3, -0.25) is 5.10 Å². The van der Waals surface area contributed by atoms with E-state index in [2.05, 4.69) is 15.1 Å². The number of aromatic nitrogens is 2. The van der Waals surface area contributed by atoms with E-state index in [0.717, 1.165) is 5.69 Å². The quantitative estimate of drug-likeness (QED) is 0.917. The molecule has 3 rings (SSSR count). The van der Waals surface area contributed by atoms with Crippen molar-refractivity contribution in [3.05, 3.63) is 40.7 Å². The normalized spacial score (nSPS) is 16.7. The number of nitrogens with one attached hydrogen (secondary N) is 1. The van der Waals surface area contributed by atoms with Crippen LogP contribution in [0.2, 0.25) is 5.02 Å². The fourth-order valence-electron chi connectivity index (χ4n) is 2.89. The highest BCUT2D eigenvalue weighted by molar-refractivity contribution is 7.89. The van der Waals surface area contributed by atoms with Crippen LogP contribution in [0.1, 0.15) is 11.4 Å². The summed E-state index contributed by atoms with van der Waals surface area (Å²) in [6, 6.07) is 7.60. The van der Waals surface area contributed by atoms with Gasteiger partial charge in [-0.15, -0.1) is 0 Å². The summed E-state index contributed by atoms with van der Waals surface area (Å²) >= 11 is 5.91. The molecule has 8 heteroatoms. The molecule has 0 saturated carbocycles. The van der Waals surface area contributed by atoms with Crippen LogP contribution in [0.15, 0.2) is 29.2 Å². The summed E-state index contributed by atoms with van der Waals surface area (Å²) in [5.74, 6) is 0. The van der Waals surface area contributed by atoms with Gasteiger partial charge in [0.25, 0.3) is 0 Å². The van der Waals surface area contributed by atoms with Crippen molar-refractivity contribution in [2.45, 2.75) is 18.7 Å². The second-order valence-corrected chi connectivity index (χ2v) is 7.94. The highest BCUT2D eigenvalue weighted by atomic mass is 35.5. The molecule has 0 atom stereocenters. The molecule has 23 heavy (non-hydrogen) atoms. The first-order valence-electron chi connectivity index (χ1n) is 7.42. The molecule has 0 unspecified atom stereocenters. The van der Waals surface area contributed by atoms with Gasteiger partial charge in [0.15, 0.2) is 0 Å². The van der Waals surface area contributed by atoms with E-state index in [4.69, 9.17) is 11.6 Å². The second kappa shape index (κ2) is 6.14. The van der Waals surface area contributed by atoms with Crippen LogP contribution >= 0.6 is 11.6 Å². The van der Waals surface area contributed by atoms with Crippen LogP contribution in [-0.4, -0.2) is 49.1 Å². The molecule has 6 nitrogen and oxygen atoms in total. The van der Waals surface area contributed by atoms with Crippen molar-refractivity contribution in [3.63, 3.8) is 0 Å². The molecule has 124 valence electrons. The van der Waals surface area contributed by atoms with Crippen molar-refractivity contribution in [1.29, 1.82) is 0 Å². The van der Waals surface area contributed by atoms with Crippen LogP contribution in [-0.2, 0) is 10.0 Å². The van der Waals surface area contributed by atoms with E-state index in [1.54, 1.807) is 13.8 Å². The van der Waals surface area contributed by atoms with Gasteiger partial charge in [0.05, 0.1) is 11.4 Å². The van der Waals surface area contributed by atoms with Crippen molar-refractivity contribution in [2.75, 3.05) is 31.1 Å². The maximum atomic E-state index is 12.8. The molecule has 1 aliphatic heterocycles. The van der Waals surface area contributed by atoms with Gasteiger partial charge in [0.1, 0.15) is 4.90 Å². The summed E-state index contributed by atoms with van der Waals surface area (Å²) in [7, 11) is -3.50. The second-order valence-electron chi connectivity index (χ2n) is 5.63. The Kier molecular flexibility index (Phi) is 4.35. The fourth-order valence-corrected chi connectivity index (χ4v) is 4.77. The monoisotopic (exact) mass is 354 g/mol. The fraction of sp³-hybridized carbons (Fsp3) is 0.400. The van der Waals surface area contributed by atoms with Crippen LogP contribution in [0.5, 0.6) is 0 Å². The average Bonchev–Trinajstić information content (AvgIpc) is 2.88. The lowest BCUT2D eigenvalue weighted by atomic mass is 10.2. The smallest absolute Gasteiger partial charge is 0.246 e. The summed E-state index contributed by atoms with van der Waals surface area (Å²) in [4.78, 5) is 2.47. The molecular weight excluding hydrogens is 336 g/mol. The number of hydrogen-bond acceptors (Lipinski definition) is 4. The topological polar surface area (TPSA) is 69.3 Å². The Hall–Kier alpha value is -1.57. The number of nitrogens with zero attached hydrogens (tertiary/aromatic N) is 3. The molecule has 2 aromatic rings. The van der Waals surface area contributed by atoms with Crippen LogP contribution in [0.3, 0.4) is 0 Å². The summed E-state index contributed by atoms with van der Waals surface area (Å²) in [6.45, 7) is 5.65. The molecular formula is C15H19ClN4O2S. The number of H-pyrrole nitrogens is 1. The predicted octanol–water partition coefficient (Wildman–Crippen LogP) is 2.19. The summed E-state index contributed by atoms with van der Waals surface area (Å²) < 4.78 is 27.1. The van der Waals surface area contributed by atoms with E-state index in [1.165, 1.54) is 4.31 Å². The standard InChI is InChI=1S/C15H19ClN4O2S/c1-11-15(12(2)18-17-11)23(21,22)20-9-7-19(8-10-20)14-5-3-13(16)4-6-14/h3-6H,7-10H2,1-2H3,(H,17,18). The molecule has 0 aliphatic carbocycles. The SMILES string of the molecule is Cc1n[nH]c(C)c1S(=O)(=O)N1CCN(c2ccc(Cl)cc2)CC1. The first-order chi connectivity index (χ1) is 10.9. The molecule has 0 radical (unpaired) electrons. The lowest BCUT2D eigenvalue weighted by Gasteiger charge is -2.35. The summed E-state index contributed by atoms with van der Waals surface area (Å²) in [5.41, 5.74) is 2.16. The van der Waals surface area contributed by atoms with Gasteiger partial charge in [-0.25, -0.2) is 8.42 Å². The predicted molar refractivity (Wildman–Crippen MR) is 90.5 cm³/mol. The van der Waals surface area contributed by atoms with Gasteiger partial charge in [-0.1, -0.05) is 11.6 Å². The molecule has 0 bridgehead atoms. The van der Waals surface area contributed by atoms with Crippen LogP contribution in [0.25, 0.3) is 0 Å². The van der Waals surface area contributed by atoms with Crippen molar-refractivity contribution in [1.82, 2.24) is 14.5 Å². The Labute approximate surface area is 141 Å². The van der Waals surface area contributed by atoms with E-state index in [-0.39, 0.29) is 0 Å². The molecule has 1 fully saturated rings. The zero-order valence-corrected chi connectivity index (χ0v) is 14.7. The Bertz CT molecular complexity index is 774. The average molecular weight is 355 g/mol. The van der Waals surface area contributed by atoms with Crippen LogP contribution < -0.4 is 4.90 Å². The number of rotatable bonds is 3. The van der Waals surface area contributed by atoms with Gasteiger partial charge in [-0.2, -0.15) is 9.40 Å². The number of aromatic amines is 1. The number of sulfonamides is 1. The molecule has 2 heterocycles. The van der Waals surface area contributed by atoms with Crippen molar-refractivity contribution in [2.24, 2.45) is 0 Å². The number of piperazine rings is 1. The molecule has 1 aromatic carbocycles. The molecule has 1 aliphatic rings. The van der Waals surface area contributed by atoms with Crippen LogP contribution in [0.4, 0.5) is 5.69 Å². The Morgan fingerprint density at radius 1 is 1.09 bits per heavy atom. The van der Waals surface area contributed by atoms with Gasteiger partial charge < -0.3 is 4.90 Å². The number of aryl methyl sites for hydroxylation is 2. The maximum Gasteiger partial charge on any atom is 0.246 e. The van der Waals surface area contributed by atoms with Gasteiger partial charge >= 0.3 is 0 Å². The van der Waals surface area contributed by atoms with Gasteiger partial charge in [0, 0.05) is 36.9 Å². The Morgan fingerprint density at radius 3 is 2.22 bits per heavy atom. The van der Waals surface area contributed by atoms with Gasteiger partial charge in [0.2, 0.25) is 10.0 Å². The summed E-state index contributed by atoms with van der Waals surface area (Å²) in [5, 5.41) is 7.43. The van der Waals surface area contributed by atoms with E-state index in [0.29, 0.717) is 47.5 Å². The third kappa shape index (κ3) is 3.08. The van der Waals surface area contributed by atoms with E-state index < -0.39 is 10.0 Å². The minimum absolute atomic E-state index is 0.303. The number of hydrogen-bond donors (Lipinski definition) is 1. The Balaban J connectivity index is 1.75. The molecule has 0 spiro atoms. The van der Waals surface area contributed by atoms with Crippen molar-refractivity contribution in [3.8, 4) is 0 Å². The number of halogens is 1. The summed E-state index contributed by atoms with van der Waals surface area (Å²) in [6.07, 6.45) is 0.